The maximum Gasteiger partial charge on any atom is 0.293 e. The first-order valence-electron chi connectivity index (χ1n) is 10.6. The van der Waals surface area contributed by atoms with Crippen molar-refractivity contribution in [3.63, 3.8) is 0 Å². The Morgan fingerprint density at radius 1 is 1.00 bits per heavy atom. The zero-order valence-corrected chi connectivity index (χ0v) is 18.4. The van der Waals surface area contributed by atoms with Crippen LogP contribution in [0.3, 0.4) is 0 Å². The van der Waals surface area contributed by atoms with Gasteiger partial charge in [-0.05, 0) is 61.5 Å². The first-order valence-corrected chi connectivity index (χ1v) is 11.0. The Morgan fingerprint density at radius 3 is 2.34 bits per heavy atom. The molecule has 2 aliphatic rings. The van der Waals surface area contributed by atoms with Crippen molar-refractivity contribution in [1.82, 2.24) is 5.32 Å². The Hall–Kier alpha value is -3.24. The van der Waals surface area contributed by atoms with E-state index in [1.54, 1.807) is 12.1 Å². The zero-order valence-electron chi connectivity index (χ0n) is 17.6. The summed E-state index contributed by atoms with van der Waals surface area (Å²) < 4.78 is 5.31. The van der Waals surface area contributed by atoms with E-state index in [0.29, 0.717) is 32.0 Å². The number of nitro groups is 1. The molecule has 9 nitrogen and oxygen atoms in total. The molecule has 1 amide bonds. The largest absolute Gasteiger partial charge is 0.378 e. The van der Waals surface area contributed by atoms with E-state index in [-0.39, 0.29) is 16.4 Å². The third-order valence-corrected chi connectivity index (χ3v) is 5.81. The topological polar surface area (TPSA) is 100.0 Å². The van der Waals surface area contributed by atoms with E-state index in [1.165, 1.54) is 18.9 Å². The van der Waals surface area contributed by atoms with Gasteiger partial charge in [-0.1, -0.05) is 0 Å². The molecule has 2 fully saturated rings. The van der Waals surface area contributed by atoms with E-state index in [4.69, 9.17) is 17.0 Å². The van der Waals surface area contributed by atoms with Gasteiger partial charge < -0.3 is 19.9 Å². The van der Waals surface area contributed by atoms with Crippen LogP contribution in [0.15, 0.2) is 42.5 Å². The van der Waals surface area contributed by atoms with E-state index in [0.717, 1.165) is 24.5 Å². The number of anilines is 3. The van der Waals surface area contributed by atoms with Crippen LogP contribution in [0.5, 0.6) is 0 Å². The van der Waals surface area contributed by atoms with Gasteiger partial charge in [-0.3, -0.25) is 20.2 Å². The van der Waals surface area contributed by atoms with Crippen molar-refractivity contribution < 1.29 is 14.5 Å². The molecule has 0 aliphatic carbocycles. The Labute approximate surface area is 191 Å². The summed E-state index contributed by atoms with van der Waals surface area (Å²) >= 11 is 5.26. The minimum atomic E-state index is -0.507. The summed E-state index contributed by atoms with van der Waals surface area (Å²) in [5.74, 6) is -0.507. The highest BCUT2D eigenvalue weighted by Crippen LogP contribution is 2.30. The summed E-state index contributed by atoms with van der Waals surface area (Å²) in [5, 5.41) is 17.3. The maximum absolute atomic E-state index is 12.6. The molecular weight excluding hydrogens is 430 g/mol. The highest BCUT2D eigenvalue weighted by atomic mass is 32.1. The molecule has 0 unspecified atom stereocenters. The van der Waals surface area contributed by atoms with E-state index in [1.807, 2.05) is 29.2 Å². The van der Waals surface area contributed by atoms with Gasteiger partial charge in [0.2, 0.25) is 0 Å². The number of morpholine rings is 1. The number of benzene rings is 2. The molecule has 0 bridgehead atoms. The van der Waals surface area contributed by atoms with Crippen molar-refractivity contribution in [2.75, 3.05) is 54.5 Å². The van der Waals surface area contributed by atoms with Crippen LogP contribution >= 0.6 is 12.2 Å². The number of hydrogen-bond donors (Lipinski definition) is 2. The number of nitrogens with zero attached hydrogens (tertiary/aromatic N) is 3. The van der Waals surface area contributed by atoms with E-state index in [9.17, 15) is 14.9 Å². The van der Waals surface area contributed by atoms with Gasteiger partial charge in [-0.2, -0.15) is 0 Å². The third kappa shape index (κ3) is 5.14. The average molecular weight is 456 g/mol. The summed E-state index contributed by atoms with van der Waals surface area (Å²) in [6.07, 6.45) is 2.42. The number of nitrogens with one attached hydrogen (secondary N) is 2. The number of carbonyl (C=O) groups is 1. The van der Waals surface area contributed by atoms with Crippen LogP contribution in [0, 0.1) is 10.1 Å². The van der Waals surface area contributed by atoms with Gasteiger partial charge in [0.15, 0.2) is 5.11 Å². The fourth-order valence-corrected chi connectivity index (χ4v) is 4.16. The SMILES string of the molecule is O=C(NC(=S)Nc1ccc(N2CCCC2)cc1)c1ccc(N2CCOCC2)c([N+](=O)[O-])c1. The lowest BCUT2D eigenvalue weighted by Gasteiger charge is -2.28. The van der Waals surface area contributed by atoms with Crippen molar-refractivity contribution in [3.05, 3.63) is 58.1 Å². The molecule has 2 N–H and O–H groups in total. The second kappa shape index (κ2) is 9.92. The van der Waals surface area contributed by atoms with Gasteiger partial charge >= 0.3 is 0 Å². The number of carbonyl (C=O) groups excluding carboxylic acids is 1. The maximum atomic E-state index is 12.6. The molecule has 32 heavy (non-hydrogen) atoms. The van der Waals surface area contributed by atoms with Crippen molar-refractivity contribution in [1.29, 1.82) is 0 Å². The summed E-state index contributed by atoms with van der Waals surface area (Å²) in [7, 11) is 0. The summed E-state index contributed by atoms with van der Waals surface area (Å²) in [5.41, 5.74) is 2.45. The second-order valence-corrected chi connectivity index (χ2v) is 8.12. The van der Waals surface area contributed by atoms with Gasteiger partial charge in [0.05, 0.1) is 18.1 Å². The standard InChI is InChI=1S/C22H25N5O4S/c28-21(16-3-8-19(20(15-16)27(29)30)26-11-13-31-14-12-26)24-22(32)23-17-4-6-18(7-5-17)25-9-1-2-10-25/h3-8,15H,1-2,9-14H2,(H2,23,24,28,32). The van der Waals surface area contributed by atoms with Crippen molar-refractivity contribution in [2.45, 2.75) is 12.8 Å². The quantitative estimate of drug-likeness (QED) is 0.403. The van der Waals surface area contributed by atoms with Crippen LogP contribution in [0.2, 0.25) is 0 Å². The minimum absolute atomic E-state index is 0.115. The van der Waals surface area contributed by atoms with Gasteiger partial charge in [0.25, 0.3) is 11.6 Å². The molecule has 2 heterocycles. The summed E-state index contributed by atoms with van der Waals surface area (Å²) in [6.45, 7) is 4.29. The zero-order chi connectivity index (χ0) is 22.5. The highest BCUT2D eigenvalue weighted by molar-refractivity contribution is 7.80. The van der Waals surface area contributed by atoms with E-state index in [2.05, 4.69) is 15.5 Å². The van der Waals surface area contributed by atoms with Crippen LogP contribution in [0.25, 0.3) is 0 Å². The van der Waals surface area contributed by atoms with Crippen LogP contribution < -0.4 is 20.4 Å². The van der Waals surface area contributed by atoms with E-state index < -0.39 is 10.8 Å². The van der Waals surface area contributed by atoms with Crippen LogP contribution in [-0.4, -0.2) is 55.3 Å². The lowest BCUT2D eigenvalue weighted by molar-refractivity contribution is -0.384. The number of hydrogen-bond acceptors (Lipinski definition) is 7. The number of rotatable bonds is 5. The molecular formula is C22H25N5O4S. The monoisotopic (exact) mass is 455 g/mol. The molecule has 4 rings (SSSR count). The van der Waals surface area contributed by atoms with Crippen LogP contribution in [-0.2, 0) is 4.74 Å². The number of ether oxygens (including phenoxy) is 1. The van der Waals surface area contributed by atoms with Crippen LogP contribution in [0.1, 0.15) is 23.2 Å². The number of thiocarbonyl (C=S) groups is 1. The molecule has 0 spiro atoms. The van der Waals surface area contributed by atoms with Gasteiger partial charge in [-0.15, -0.1) is 0 Å². The number of nitro benzene ring substituents is 1. The Kier molecular flexibility index (Phi) is 6.81. The lowest BCUT2D eigenvalue weighted by Crippen LogP contribution is -2.37. The molecule has 2 aromatic carbocycles. The van der Waals surface area contributed by atoms with Gasteiger partial charge in [-0.25, -0.2) is 0 Å². The molecule has 0 atom stereocenters. The molecule has 2 aromatic rings. The fourth-order valence-electron chi connectivity index (χ4n) is 3.95. The lowest BCUT2D eigenvalue weighted by atomic mass is 10.1. The fraction of sp³-hybridized carbons (Fsp3) is 0.364. The molecule has 2 aliphatic heterocycles. The second-order valence-electron chi connectivity index (χ2n) is 7.71. The number of amides is 1. The normalized spacial score (nSPS) is 16.0. The first-order chi connectivity index (χ1) is 15.5. The molecule has 0 saturated carbocycles. The minimum Gasteiger partial charge on any atom is -0.378 e. The van der Waals surface area contributed by atoms with Gasteiger partial charge in [0, 0.05) is 49.2 Å². The predicted octanol–water partition coefficient (Wildman–Crippen LogP) is 3.16. The molecule has 168 valence electrons. The summed E-state index contributed by atoms with van der Waals surface area (Å²) in [6, 6.07) is 12.3. The van der Waals surface area contributed by atoms with Crippen LogP contribution in [0.4, 0.5) is 22.7 Å². The summed E-state index contributed by atoms with van der Waals surface area (Å²) in [4.78, 5) is 28.0. The average Bonchev–Trinajstić information content (AvgIpc) is 3.34. The van der Waals surface area contributed by atoms with Crippen molar-refractivity contribution >= 4 is 46.0 Å². The van der Waals surface area contributed by atoms with Crippen molar-refractivity contribution in [2.24, 2.45) is 0 Å². The molecule has 0 radical (unpaired) electrons. The van der Waals surface area contributed by atoms with Crippen molar-refractivity contribution in [3.8, 4) is 0 Å². The molecule has 2 saturated heterocycles. The third-order valence-electron chi connectivity index (χ3n) is 5.61. The molecule has 10 heteroatoms. The Bertz CT molecular complexity index is 1000. The predicted molar refractivity (Wildman–Crippen MR) is 128 cm³/mol. The Balaban J connectivity index is 1.39. The molecule has 0 aromatic heterocycles. The smallest absolute Gasteiger partial charge is 0.293 e. The highest BCUT2D eigenvalue weighted by Gasteiger charge is 2.23. The van der Waals surface area contributed by atoms with E-state index >= 15 is 0 Å². The Morgan fingerprint density at radius 2 is 1.69 bits per heavy atom. The first kappa shape index (κ1) is 22.0. The van der Waals surface area contributed by atoms with Gasteiger partial charge in [0.1, 0.15) is 5.69 Å².